The Kier molecular flexibility index (Phi) is 5.90. The van der Waals surface area contributed by atoms with Crippen molar-refractivity contribution in [2.45, 2.75) is 56.9 Å². The Hall–Kier alpha value is -1.50. The molecule has 1 fully saturated rings. The zero-order chi connectivity index (χ0) is 24.5. The molecule has 1 aliphatic rings. The first kappa shape index (κ1) is 25.1. The second-order valence-electron chi connectivity index (χ2n) is 8.25. The number of benzene rings is 1. The number of aromatic nitrogens is 2. The maximum absolute atomic E-state index is 14.4. The van der Waals surface area contributed by atoms with Crippen molar-refractivity contribution >= 4 is 35.8 Å². The molecule has 3 rings (SSSR count). The molecule has 14 heteroatoms. The van der Waals surface area contributed by atoms with Crippen molar-refractivity contribution in [1.29, 1.82) is 0 Å². The standard InChI is InChI=1S/C18H16BCl2F7N2O2/c1-14(2)15(3,4)32-19(31-14)10-7-29-30(8-10)13-11(20)5-9(6-12(13)21)16(22,17(23,24)25)18(26,27)28/h5-8H,1-4H3. The Bertz CT molecular complexity index is 984. The lowest BCUT2D eigenvalue weighted by atomic mass is 9.82. The van der Waals surface area contributed by atoms with Crippen LogP contribution in [0.5, 0.6) is 0 Å². The van der Waals surface area contributed by atoms with Gasteiger partial charge in [-0.1, -0.05) is 23.2 Å². The third-order valence-electron chi connectivity index (χ3n) is 5.55. The molecule has 32 heavy (non-hydrogen) atoms. The Labute approximate surface area is 188 Å². The SMILES string of the molecule is CC1(C)OB(c2cnn(-c3c(Cl)cc(C(F)(C(F)(F)F)C(F)(F)F)cc3Cl)c2)OC1(C)C. The van der Waals surface area contributed by atoms with Crippen LogP contribution < -0.4 is 5.46 Å². The van der Waals surface area contributed by atoms with Gasteiger partial charge in [0.25, 0.3) is 0 Å². The molecular formula is C18H16BCl2F7N2O2. The lowest BCUT2D eigenvalue weighted by molar-refractivity contribution is -0.348. The highest BCUT2D eigenvalue weighted by molar-refractivity contribution is 6.62. The van der Waals surface area contributed by atoms with Crippen molar-refractivity contribution < 1.29 is 40.0 Å². The topological polar surface area (TPSA) is 36.3 Å². The van der Waals surface area contributed by atoms with Gasteiger partial charge in [0.2, 0.25) is 0 Å². The van der Waals surface area contributed by atoms with E-state index in [1.54, 1.807) is 0 Å². The first-order valence-electron chi connectivity index (χ1n) is 9.04. The van der Waals surface area contributed by atoms with Gasteiger partial charge in [-0.25, -0.2) is 9.07 Å². The monoisotopic (exact) mass is 506 g/mol. The molecular weight excluding hydrogens is 491 g/mol. The second kappa shape index (κ2) is 7.51. The highest BCUT2D eigenvalue weighted by Crippen LogP contribution is 2.54. The average molecular weight is 507 g/mol. The van der Waals surface area contributed by atoms with Crippen molar-refractivity contribution in [3.05, 3.63) is 40.1 Å². The minimum absolute atomic E-state index is 0.222. The number of nitrogens with zero attached hydrogens (tertiary/aromatic N) is 2. The van der Waals surface area contributed by atoms with Gasteiger partial charge in [-0.2, -0.15) is 31.4 Å². The van der Waals surface area contributed by atoms with Gasteiger partial charge in [-0.05, 0) is 39.8 Å². The smallest absolute Gasteiger partial charge is 0.399 e. The molecule has 2 heterocycles. The van der Waals surface area contributed by atoms with E-state index in [0.717, 1.165) is 4.68 Å². The summed E-state index contributed by atoms with van der Waals surface area (Å²) in [4.78, 5) is 0. The van der Waals surface area contributed by atoms with Crippen molar-refractivity contribution in [3.63, 3.8) is 0 Å². The van der Waals surface area contributed by atoms with Crippen LogP contribution in [0.25, 0.3) is 5.69 Å². The molecule has 0 aliphatic carbocycles. The summed E-state index contributed by atoms with van der Waals surface area (Å²) in [5.74, 6) is 0. The van der Waals surface area contributed by atoms with Gasteiger partial charge in [0.1, 0.15) is 5.69 Å². The third-order valence-corrected chi connectivity index (χ3v) is 6.13. The average Bonchev–Trinajstić information content (AvgIpc) is 3.14. The first-order valence-corrected chi connectivity index (χ1v) is 9.80. The van der Waals surface area contributed by atoms with Crippen molar-refractivity contribution in [3.8, 4) is 5.69 Å². The van der Waals surface area contributed by atoms with Gasteiger partial charge < -0.3 is 9.31 Å². The molecule has 0 unspecified atom stereocenters. The summed E-state index contributed by atoms with van der Waals surface area (Å²) in [5.41, 5.74) is -8.65. The van der Waals surface area contributed by atoms with Crippen molar-refractivity contribution in [2.75, 3.05) is 0 Å². The summed E-state index contributed by atoms with van der Waals surface area (Å²) in [5, 5.41) is 2.64. The molecule has 0 radical (unpaired) electrons. The fourth-order valence-electron chi connectivity index (χ4n) is 3.03. The lowest BCUT2D eigenvalue weighted by Crippen LogP contribution is -2.50. The number of rotatable bonds is 3. The molecule has 1 saturated heterocycles. The van der Waals surface area contributed by atoms with Gasteiger partial charge in [-0.3, -0.25) is 0 Å². The van der Waals surface area contributed by atoms with Crippen LogP contribution in [-0.2, 0) is 15.0 Å². The molecule has 0 atom stereocenters. The first-order chi connectivity index (χ1) is 14.3. The van der Waals surface area contributed by atoms with Gasteiger partial charge in [-0.15, -0.1) is 0 Å². The van der Waals surface area contributed by atoms with E-state index in [1.807, 2.05) is 27.7 Å². The number of alkyl halides is 7. The maximum atomic E-state index is 14.4. The van der Waals surface area contributed by atoms with E-state index in [0.29, 0.717) is 5.46 Å². The molecule has 0 saturated carbocycles. The van der Waals surface area contributed by atoms with Gasteiger partial charge >= 0.3 is 25.1 Å². The largest absolute Gasteiger partial charge is 0.498 e. The zero-order valence-electron chi connectivity index (χ0n) is 17.0. The van der Waals surface area contributed by atoms with Crippen LogP contribution in [-0.4, -0.2) is 40.5 Å². The molecule has 1 aliphatic heterocycles. The Morgan fingerprint density at radius 1 is 0.875 bits per heavy atom. The van der Waals surface area contributed by atoms with Gasteiger partial charge in [0, 0.05) is 23.4 Å². The number of halogens is 9. The molecule has 0 amide bonds. The molecule has 1 aromatic carbocycles. The highest BCUT2D eigenvalue weighted by Gasteiger charge is 2.73. The molecule has 2 aromatic rings. The number of hydrogen-bond acceptors (Lipinski definition) is 3. The van der Waals surface area contributed by atoms with Crippen LogP contribution in [0.4, 0.5) is 30.7 Å². The predicted molar refractivity (Wildman–Crippen MR) is 104 cm³/mol. The molecule has 0 bridgehead atoms. The Morgan fingerprint density at radius 2 is 1.31 bits per heavy atom. The van der Waals surface area contributed by atoms with E-state index in [2.05, 4.69) is 5.10 Å². The molecule has 0 spiro atoms. The molecule has 0 N–H and O–H groups in total. The van der Waals surface area contributed by atoms with E-state index < -0.39 is 52.0 Å². The highest BCUT2D eigenvalue weighted by atomic mass is 35.5. The van der Waals surface area contributed by atoms with E-state index in [9.17, 15) is 30.7 Å². The van der Waals surface area contributed by atoms with Gasteiger partial charge in [0.15, 0.2) is 0 Å². The fraction of sp³-hybridized carbons (Fsp3) is 0.500. The van der Waals surface area contributed by atoms with Gasteiger partial charge in [0.05, 0.1) is 21.2 Å². The molecule has 176 valence electrons. The normalized spacial score (nSPS) is 19.0. The summed E-state index contributed by atoms with van der Waals surface area (Å²) in [6.45, 7) is 7.26. The fourth-order valence-corrected chi connectivity index (χ4v) is 3.69. The predicted octanol–water partition coefficient (Wildman–Crippen LogP) is 5.77. The summed E-state index contributed by atoms with van der Waals surface area (Å²) in [7, 11) is -0.848. The minimum atomic E-state index is -6.30. The van der Waals surface area contributed by atoms with E-state index >= 15 is 0 Å². The van der Waals surface area contributed by atoms with Crippen LogP contribution in [0.1, 0.15) is 33.3 Å². The third kappa shape index (κ3) is 3.88. The molecule has 4 nitrogen and oxygen atoms in total. The number of hydrogen-bond donors (Lipinski definition) is 0. The Morgan fingerprint density at radius 3 is 1.72 bits per heavy atom. The summed E-state index contributed by atoms with van der Waals surface area (Å²) in [6, 6.07) is 0.444. The second-order valence-corrected chi connectivity index (χ2v) is 9.06. The van der Waals surface area contributed by atoms with E-state index in [-0.39, 0.29) is 17.8 Å². The van der Waals surface area contributed by atoms with Crippen LogP contribution in [0.3, 0.4) is 0 Å². The van der Waals surface area contributed by atoms with Crippen LogP contribution in [0.15, 0.2) is 24.5 Å². The summed E-state index contributed by atoms with van der Waals surface area (Å²) >= 11 is 11.9. The van der Waals surface area contributed by atoms with Crippen LogP contribution in [0, 0.1) is 0 Å². The molecule has 1 aromatic heterocycles. The summed E-state index contributed by atoms with van der Waals surface area (Å²) in [6.07, 6.45) is -9.94. The minimum Gasteiger partial charge on any atom is -0.399 e. The quantitative estimate of drug-likeness (QED) is 0.392. The van der Waals surface area contributed by atoms with E-state index in [1.165, 1.54) is 12.4 Å². The summed E-state index contributed by atoms with van der Waals surface area (Å²) < 4.78 is 105. The Balaban J connectivity index is 2.02. The van der Waals surface area contributed by atoms with E-state index in [4.69, 9.17) is 32.5 Å². The van der Waals surface area contributed by atoms with Crippen molar-refractivity contribution in [2.24, 2.45) is 0 Å². The van der Waals surface area contributed by atoms with Crippen LogP contribution >= 0.6 is 23.2 Å². The maximum Gasteiger partial charge on any atom is 0.498 e. The lowest BCUT2D eigenvalue weighted by Gasteiger charge is -2.32. The van der Waals surface area contributed by atoms with Crippen molar-refractivity contribution in [1.82, 2.24) is 9.78 Å². The zero-order valence-corrected chi connectivity index (χ0v) is 18.5. The van der Waals surface area contributed by atoms with Crippen LogP contribution in [0.2, 0.25) is 10.0 Å².